The number of hydrogen-bond acceptors (Lipinski definition) is 4. The van der Waals surface area contributed by atoms with Gasteiger partial charge in [0.15, 0.2) is 0 Å². The molecule has 0 amide bonds. The van der Waals surface area contributed by atoms with E-state index in [0.717, 1.165) is 18.5 Å². The molecule has 5 nitrogen and oxygen atoms in total. The minimum Gasteiger partial charge on any atom is -0.263 e. The zero-order valence-corrected chi connectivity index (χ0v) is 14.3. The van der Waals surface area contributed by atoms with Gasteiger partial charge in [0, 0.05) is 37.4 Å². The molecular weight excluding hydrogens is 322 g/mol. The highest BCUT2D eigenvalue weighted by atomic mass is 32.2. The highest BCUT2D eigenvalue weighted by Crippen LogP contribution is 2.44. The lowest BCUT2D eigenvalue weighted by atomic mass is 9.89. The normalized spacial score (nSPS) is 27.2. The first-order chi connectivity index (χ1) is 11.6. The van der Waals surface area contributed by atoms with Gasteiger partial charge in [-0.05, 0) is 61.3 Å². The molecule has 0 spiro atoms. The molecule has 24 heavy (non-hydrogen) atoms. The Bertz CT molecular complexity index is 796. The third-order valence-corrected chi connectivity index (χ3v) is 7.26. The van der Waals surface area contributed by atoms with Gasteiger partial charge in [0.05, 0.1) is 0 Å². The number of aromatic nitrogens is 2. The van der Waals surface area contributed by atoms with Gasteiger partial charge in [-0.1, -0.05) is 6.07 Å². The van der Waals surface area contributed by atoms with Crippen molar-refractivity contribution in [1.29, 1.82) is 0 Å². The fourth-order valence-electron chi connectivity index (χ4n) is 4.22. The van der Waals surface area contributed by atoms with Crippen molar-refractivity contribution in [3.63, 3.8) is 0 Å². The molecule has 126 valence electrons. The highest BCUT2D eigenvalue weighted by Gasteiger charge is 2.46. The Morgan fingerprint density at radius 1 is 1.08 bits per heavy atom. The quantitative estimate of drug-likeness (QED) is 0.855. The summed E-state index contributed by atoms with van der Waals surface area (Å²) < 4.78 is 27.3. The summed E-state index contributed by atoms with van der Waals surface area (Å²) in [6.45, 7) is 1.26. The van der Waals surface area contributed by atoms with Crippen LogP contribution in [0.1, 0.15) is 18.5 Å². The van der Waals surface area contributed by atoms with Crippen molar-refractivity contribution in [3.8, 4) is 0 Å². The molecule has 3 heterocycles. The second kappa shape index (κ2) is 6.26. The van der Waals surface area contributed by atoms with Crippen molar-refractivity contribution in [1.82, 2.24) is 14.3 Å². The lowest BCUT2D eigenvalue weighted by Gasteiger charge is -2.20. The van der Waals surface area contributed by atoms with Gasteiger partial charge >= 0.3 is 0 Å². The maximum atomic E-state index is 12.8. The van der Waals surface area contributed by atoms with E-state index in [1.807, 2.05) is 18.3 Å². The van der Waals surface area contributed by atoms with E-state index >= 15 is 0 Å². The van der Waals surface area contributed by atoms with E-state index in [-0.39, 0.29) is 0 Å². The van der Waals surface area contributed by atoms with Crippen LogP contribution in [0.3, 0.4) is 0 Å². The Labute approximate surface area is 142 Å². The predicted molar refractivity (Wildman–Crippen MR) is 90.6 cm³/mol. The molecule has 0 N–H and O–H groups in total. The van der Waals surface area contributed by atoms with E-state index < -0.39 is 10.0 Å². The molecule has 3 atom stereocenters. The van der Waals surface area contributed by atoms with Gasteiger partial charge in [0.1, 0.15) is 4.90 Å². The molecule has 2 aromatic rings. The number of nitrogens with zero attached hydrogens (tertiary/aromatic N) is 3. The molecule has 0 aromatic carbocycles. The molecule has 2 aromatic heterocycles. The van der Waals surface area contributed by atoms with Crippen molar-refractivity contribution >= 4 is 10.0 Å². The number of pyridine rings is 2. The van der Waals surface area contributed by atoms with Crippen LogP contribution in [0.25, 0.3) is 0 Å². The van der Waals surface area contributed by atoms with Gasteiger partial charge in [-0.2, -0.15) is 4.31 Å². The Morgan fingerprint density at radius 2 is 2.00 bits per heavy atom. The Hall–Kier alpha value is -1.79. The maximum absolute atomic E-state index is 12.8. The standard InChI is InChI=1S/C18H21N3O2S/c22-24(23,17-5-3-8-19-11-17)21-12-15-7-6-14(18(15)13-21)10-16-4-1-2-9-20-16/h1-5,8-9,11,14-15,18H,6-7,10,12-13H2/t14-,15-,18-/m1/s1. The van der Waals surface area contributed by atoms with Gasteiger partial charge in [0.2, 0.25) is 10.0 Å². The average molecular weight is 343 g/mol. The summed E-state index contributed by atoms with van der Waals surface area (Å²) in [5.74, 6) is 1.45. The van der Waals surface area contributed by atoms with Crippen LogP contribution in [0.15, 0.2) is 53.8 Å². The molecule has 0 bridgehead atoms. The Balaban J connectivity index is 1.50. The third kappa shape index (κ3) is 2.84. The van der Waals surface area contributed by atoms with Crippen molar-refractivity contribution in [2.45, 2.75) is 24.2 Å². The summed E-state index contributed by atoms with van der Waals surface area (Å²) in [7, 11) is -3.42. The van der Waals surface area contributed by atoms with E-state index in [0.29, 0.717) is 35.7 Å². The smallest absolute Gasteiger partial charge is 0.244 e. The molecule has 1 aliphatic heterocycles. The van der Waals surface area contributed by atoms with E-state index in [4.69, 9.17) is 0 Å². The highest BCUT2D eigenvalue weighted by molar-refractivity contribution is 7.89. The fraction of sp³-hybridized carbons (Fsp3) is 0.444. The average Bonchev–Trinajstić information content (AvgIpc) is 3.19. The summed E-state index contributed by atoms with van der Waals surface area (Å²) in [6, 6.07) is 9.31. The minimum absolute atomic E-state index is 0.297. The second-order valence-corrected chi connectivity index (χ2v) is 8.74. The van der Waals surface area contributed by atoms with Crippen molar-refractivity contribution in [3.05, 3.63) is 54.6 Å². The van der Waals surface area contributed by atoms with Crippen LogP contribution in [-0.4, -0.2) is 35.8 Å². The van der Waals surface area contributed by atoms with Crippen molar-refractivity contribution in [2.24, 2.45) is 17.8 Å². The first-order valence-corrected chi connectivity index (χ1v) is 9.88. The molecule has 1 aliphatic carbocycles. The number of rotatable bonds is 4. The van der Waals surface area contributed by atoms with E-state index in [1.54, 1.807) is 22.6 Å². The Kier molecular flexibility index (Phi) is 4.10. The molecule has 1 saturated carbocycles. The van der Waals surface area contributed by atoms with Crippen molar-refractivity contribution < 1.29 is 8.42 Å². The largest absolute Gasteiger partial charge is 0.263 e. The van der Waals surface area contributed by atoms with E-state index in [2.05, 4.69) is 16.0 Å². The minimum atomic E-state index is -3.42. The molecule has 2 fully saturated rings. The van der Waals surface area contributed by atoms with Gasteiger partial charge < -0.3 is 0 Å². The summed E-state index contributed by atoms with van der Waals surface area (Å²) in [5, 5.41) is 0. The topological polar surface area (TPSA) is 63.2 Å². The summed E-state index contributed by atoms with van der Waals surface area (Å²) in [6.07, 6.45) is 8.10. The van der Waals surface area contributed by atoms with Gasteiger partial charge in [-0.3, -0.25) is 9.97 Å². The molecular formula is C18H21N3O2S. The third-order valence-electron chi connectivity index (χ3n) is 5.44. The van der Waals surface area contributed by atoms with E-state index in [1.165, 1.54) is 12.6 Å². The van der Waals surface area contributed by atoms with Gasteiger partial charge in [-0.25, -0.2) is 8.42 Å². The molecule has 4 rings (SSSR count). The zero-order chi connectivity index (χ0) is 16.6. The van der Waals surface area contributed by atoms with Crippen molar-refractivity contribution in [2.75, 3.05) is 13.1 Å². The van der Waals surface area contributed by atoms with Crippen LogP contribution >= 0.6 is 0 Å². The molecule has 0 radical (unpaired) electrons. The number of sulfonamides is 1. The van der Waals surface area contributed by atoms with Crippen LogP contribution in [0.4, 0.5) is 0 Å². The molecule has 2 aliphatic rings. The lowest BCUT2D eigenvalue weighted by molar-refractivity contribution is 0.356. The summed E-state index contributed by atoms with van der Waals surface area (Å²) in [5.41, 5.74) is 1.11. The van der Waals surface area contributed by atoms with Crippen LogP contribution in [0.5, 0.6) is 0 Å². The van der Waals surface area contributed by atoms with Crippen LogP contribution in [-0.2, 0) is 16.4 Å². The van der Waals surface area contributed by atoms with Gasteiger partial charge in [-0.15, -0.1) is 0 Å². The number of hydrogen-bond donors (Lipinski definition) is 0. The first-order valence-electron chi connectivity index (χ1n) is 8.44. The lowest BCUT2D eigenvalue weighted by Crippen LogP contribution is -2.30. The molecule has 0 unspecified atom stereocenters. The predicted octanol–water partition coefficient (Wildman–Crippen LogP) is 2.37. The second-order valence-electron chi connectivity index (χ2n) is 6.80. The van der Waals surface area contributed by atoms with E-state index in [9.17, 15) is 8.42 Å². The fourth-order valence-corrected chi connectivity index (χ4v) is 5.72. The Morgan fingerprint density at radius 3 is 2.75 bits per heavy atom. The maximum Gasteiger partial charge on any atom is 0.244 e. The van der Waals surface area contributed by atoms with Gasteiger partial charge in [0.25, 0.3) is 0 Å². The van der Waals surface area contributed by atoms with Crippen LogP contribution in [0.2, 0.25) is 0 Å². The monoisotopic (exact) mass is 343 g/mol. The SMILES string of the molecule is O=S(=O)(c1cccnc1)N1C[C@H]2CC[C@H](Cc3ccccn3)[C@H]2C1. The van der Waals surface area contributed by atoms with Crippen LogP contribution < -0.4 is 0 Å². The molecule has 6 heteroatoms. The summed E-state index contributed by atoms with van der Waals surface area (Å²) >= 11 is 0. The zero-order valence-electron chi connectivity index (χ0n) is 13.5. The first kappa shape index (κ1) is 15.7. The number of fused-ring (bicyclic) bond motifs is 1. The van der Waals surface area contributed by atoms with Crippen LogP contribution in [0, 0.1) is 17.8 Å². The molecule has 1 saturated heterocycles. The summed E-state index contributed by atoms with van der Waals surface area (Å²) in [4.78, 5) is 8.68.